The van der Waals surface area contributed by atoms with Gasteiger partial charge in [0.1, 0.15) is 11.3 Å². The predicted molar refractivity (Wildman–Crippen MR) is 124 cm³/mol. The van der Waals surface area contributed by atoms with Crippen LogP contribution in [0.2, 0.25) is 0 Å². The highest BCUT2D eigenvalue weighted by molar-refractivity contribution is 6.04. The van der Waals surface area contributed by atoms with Gasteiger partial charge in [-0.1, -0.05) is 26.0 Å². The summed E-state index contributed by atoms with van der Waals surface area (Å²) in [7, 11) is 0. The number of nitrogens with one attached hydrogen (secondary N) is 1. The van der Waals surface area contributed by atoms with Gasteiger partial charge < -0.3 is 14.5 Å². The van der Waals surface area contributed by atoms with E-state index < -0.39 is 0 Å². The Labute approximate surface area is 182 Å². The average Bonchev–Trinajstić information content (AvgIpc) is 3.23. The molecule has 0 aliphatic heterocycles. The minimum Gasteiger partial charge on any atom is -0.494 e. The number of oxazole rings is 1. The second kappa shape index (κ2) is 9.04. The van der Waals surface area contributed by atoms with Gasteiger partial charge in [-0.25, -0.2) is 4.98 Å². The van der Waals surface area contributed by atoms with Crippen LogP contribution in [-0.2, 0) is 0 Å². The molecular formula is C26H26N2O3. The standard InChI is InChI=1S/C26H26N2O3/c1-4-17(3)19-11-14-24-23(16-19)28-26(31-24)20-7-6-8-21(15-20)27-25(29)18-9-12-22(13-10-18)30-5-2/h6-17H,4-5H2,1-3H3,(H,27,29)/t17-/m1/s1. The molecule has 0 radical (unpaired) electrons. The summed E-state index contributed by atoms with van der Waals surface area (Å²) >= 11 is 0. The van der Waals surface area contributed by atoms with E-state index in [9.17, 15) is 4.79 Å². The highest BCUT2D eigenvalue weighted by Crippen LogP contribution is 2.29. The van der Waals surface area contributed by atoms with Crippen molar-refractivity contribution in [1.82, 2.24) is 4.98 Å². The van der Waals surface area contributed by atoms with Crippen molar-refractivity contribution < 1.29 is 13.9 Å². The van der Waals surface area contributed by atoms with Crippen molar-refractivity contribution in [3.8, 4) is 17.2 Å². The van der Waals surface area contributed by atoms with Crippen LogP contribution in [0.1, 0.15) is 49.0 Å². The largest absolute Gasteiger partial charge is 0.494 e. The first-order chi connectivity index (χ1) is 15.1. The maximum Gasteiger partial charge on any atom is 0.255 e. The van der Waals surface area contributed by atoms with E-state index in [1.54, 1.807) is 24.3 Å². The molecule has 31 heavy (non-hydrogen) atoms. The fourth-order valence-corrected chi connectivity index (χ4v) is 3.41. The third-order valence-corrected chi connectivity index (χ3v) is 5.39. The first-order valence-corrected chi connectivity index (χ1v) is 10.6. The summed E-state index contributed by atoms with van der Waals surface area (Å²) in [5, 5.41) is 2.94. The van der Waals surface area contributed by atoms with E-state index in [1.807, 2.05) is 37.3 Å². The third-order valence-electron chi connectivity index (χ3n) is 5.39. The van der Waals surface area contributed by atoms with Gasteiger partial charge in [0, 0.05) is 16.8 Å². The summed E-state index contributed by atoms with van der Waals surface area (Å²) in [6, 6.07) is 20.8. The van der Waals surface area contributed by atoms with E-state index in [-0.39, 0.29) is 5.91 Å². The van der Waals surface area contributed by atoms with Gasteiger partial charge in [0.05, 0.1) is 6.61 Å². The lowest BCUT2D eigenvalue weighted by atomic mass is 9.98. The normalized spacial score (nSPS) is 12.0. The number of benzene rings is 3. The number of anilines is 1. The first-order valence-electron chi connectivity index (χ1n) is 10.6. The van der Waals surface area contributed by atoms with Gasteiger partial charge in [-0.3, -0.25) is 4.79 Å². The number of aromatic nitrogens is 1. The number of carbonyl (C=O) groups excluding carboxylic acids is 1. The van der Waals surface area contributed by atoms with E-state index in [4.69, 9.17) is 9.15 Å². The summed E-state index contributed by atoms with van der Waals surface area (Å²) in [4.78, 5) is 17.3. The topological polar surface area (TPSA) is 64.4 Å². The van der Waals surface area contributed by atoms with Crippen LogP contribution in [0.3, 0.4) is 0 Å². The molecule has 3 aromatic carbocycles. The highest BCUT2D eigenvalue weighted by atomic mass is 16.5. The predicted octanol–water partition coefficient (Wildman–Crippen LogP) is 6.66. The fraction of sp³-hybridized carbons (Fsp3) is 0.231. The molecule has 1 amide bonds. The van der Waals surface area contributed by atoms with E-state index >= 15 is 0 Å². The van der Waals surface area contributed by atoms with E-state index in [1.165, 1.54) is 5.56 Å². The van der Waals surface area contributed by atoms with Crippen LogP contribution in [0, 0.1) is 0 Å². The third kappa shape index (κ3) is 4.61. The molecule has 5 nitrogen and oxygen atoms in total. The summed E-state index contributed by atoms with van der Waals surface area (Å²) < 4.78 is 11.4. The van der Waals surface area contributed by atoms with E-state index in [0.29, 0.717) is 29.7 Å². The van der Waals surface area contributed by atoms with Gasteiger partial charge in [-0.15, -0.1) is 0 Å². The lowest BCUT2D eigenvalue weighted by Gasteiger charge is -2.07. The molecule has 0 bridgehead atoms. The molecule has 5 heteroatoms. The quantitative estimate of drug-likeness (QED) is 0.367. The maximum absolute atomic E-state index is 12.6. The van der Waals surface area contributed by atoms with E-state index in [2.05, 4.69) is 36.3 Å². The van der Waals surface area contributed by atoms with Crippen LogP contribution in [0.15, 0.2) is 71.1 Å². The Balaban J connectivity index is 1.54. The van der Waals surface area contributed by atoms with E-state index in [0.717, 1.165) is 28.8 Å². The molecule has 158 valence electrons. The number of fused-ring (bicyclic) bond motifs is 1. The maximum atomic E-state index is 12.6. The average molecular weight is 415 g/mol. The zero-order valence-corrected chi connectivity index (χ0v) is 18.0. The van der Waals surface area contributed by atoms with Crippen molar-refractivity contribution in [1.29, 1.82) is 0 Å². The highest BCUT2D eigenvalue weighted by Gasteiger charge is 2.12. The molecule has 0 aliphatic carbocycles. The number of nitrogens with zero attached hydrogens (tertiary/aromatic N) is 1. The number of amides is 1. The van der Waals surface area contributed by atoms with Crippen LogP contribution in [0.5, 0.6) is 5.75 Å². The molecule has 0 unspecified atom stereocenters. The van der Waals surface area contributed by atoms with Crippen molar-refractivity contribution in [3.05, 3.63) is 77.9 Å². The Morgan fingerprint density at radius 2 is 1.87 bits per heavy atom. The summed E-state index contributed by atoms with van der Waals surface area (Å²) in [5.74, 6) is 1.57. The first kappa shape index (κ1) is 20.7. The van der Waals surface area contributed by atoms with Crippen molar-refractivity contribution in [2.45, 2.75) is 33.1 Å². The van der Waals surface area contributed by atoms with Gasteiger partial charge >= 0.3 is 0 Å². The van der Waals surface area contributed by atoms with Crippen molar-refractivity contribution >= 4 is 22.7 Å². The Morgan fingerprint density at radius 3 is 2.61 bits per heavy atom. The number of hydrogen-bond acceptors (Lipinski definition) is 4. The van der Waals surface area contributed by atoms with Gasteiger partial charge in [-0.05, 0) is 79.4 Å². The zero-order valence-electron chi connectivity index (χ0n) is 18.0. The molecule has 1 atom stereocenters. The Hall–Kier alpha value is -3.60. The second-order valence-corrected chi connectivity index (χ2v) is 7.55. The smallest absolute Gasteiger partial charge is 0.255 e. The molecular weight excluding hydrogens is 388 g/mol. The summed E-state index contributed by atoms with van der Waals surface area (Å²) in [6.07, 6.45) is 1.08. The minimum atomic E-state index is -0.184. The van der Waals surface area contributed by atoms with Crippen LogP contribution >= 0.6 is 0 Å². The molecule has 4 rings (SSSR count). The number of carbonyl (C=O) groups is 1. The lowest BCUT2D eigenvalue weighted by molar-refractivity contribution is 0.102. The molecule has 4 aromatic rings. The molecule has 1 N–H and O–H groups in total. The van der Waals surface area contributed by atoms with Crippen LogP contribution < -0.4 is 10.1 Å². The van der Waals surface area contributed by atoms with Gasteiger partial charge in [0.25, 0.3) is 5.91 Å². The number of hydrogen-bond donors (Lipinski definition) is 1. The molecule has 0 aliphatic rings. The lowest BCUT2D eigenvalue weighted by Crippen LogP contribution is -2.11. The summed E-state index contributed by atoms with van der Waals surface area (Å²) in [5.41, 5.74) is 4.91. The SMILES string of the molecule is CCOc1ccc(C(=O)Nc2cccc(-c3nc4cc([C@H](C)CC)ccc4o3)c2)cc1. The monoisotopic (exact) mass is 414 g/mol. The summed E-state index contributed by atoms with van der Waals surface area (Å²) in [6.45, 7) is 6.90. The van der Waals surface area contributed by atoms with Crippen LogP contribution in [-0.4, -0.2) is 17.5 Å². The van der Waals surface area contributed by atoms with Gasteiger partial charge in [-0.2, -0.15) is 0 Å². The van der Waals surface area contributed by atoms with Crippen LogP contribution in [0.25, 0.3) is 22.6 Å². The zero-order chi connectivity index (χ0) is 21.8. The molecule has 1 heterocycles. The Morgan fingerprint density at radius 1 is 1.06 bits per heavy atom. The van der Waals surface area contributed by atoms with Crippen LogP contribution in [0.4, 0.5) is 5.69 Å². The Bertz CT molecular complexity index is 1190. The van der Waals surface area contributed by atoms with Crippen molar-refractivity contribution in [3.63, 3.8) is 0 Å². The Kier molecular flexibility index (Phi) is 6.03. The van der Waals surface area contributed by atoms with Crippen molar-refractivity contribution in [2.24, 2.45) is 0 Å². The minimum absolute atomic E-state index is 0.184. The van der Waals surface area contributed by atoms with Gasteiger partial charge in [0.15, 0.2) is 5.58 Å². The molecule has 0 saturated carbocycles. The molecule has 1 aromatic heterocycles. The molecule has 0 saturated heterocycles. The number of ether oxygens (including phenoxy) is 1. The molecule has 0 spiro atoms. The number of rotatable bonds is 7. The van der Waals surface area contributed by atoms with Gasteiger partial charge in [0.2, 0.25) is 5.89 Å². The molecule has 0 fully saturated rings. The second-order valence-electron chi connectivity index (χ2n) is 7.55. The fourth-order valence-electron chi connectivity index (χ4n) is 3.41. The van der Waals surface area contributed by atoms with Crippen molar-refractivity contribution in [2.75, 3.05) is 11.9 Å².